The lowest BCUT2D eigenvalue weighted by atomic mass is 9.99. The highest BCUT2D eigenvalue weighted by Gasteiger charge is 2.48. The zero-order valence-corrected chi connectivity index (χ0v) is 11.7. The van der Waals surface area contributed by atoms with E-state index in [0.29, 0.717) is 13.0 Å². The van der Waals surface area contributed by atoms with Crippen molar-refractivity contribution in [3.63, 3.8) is 0 Å². The van der Waals surface area contributed by atoms with Crippen molar-refractivity contribution in [2.24, 2.45) is 5.92 Å². The SMILES string of the molecule is CCCCCC(=O)C1(O)CCC(=O)N1CC(C)C. The van der Waals surface area contributed by atoms with Crippen LogP contribution in [0, 0.1) is 5.92 Å². The fraction of sp³-hybridized carbons (Fsp3) is 0.857. The molecule has 0 aromatic rings. The maximum Gasteiger partial charge on any atom is 0.225 e. The molecule has 1 amide bonds. The molecule has 0 spiro atoms. The number of hydrogen-bond acceptors (Lipinski definition) is 3. The van der Waals surface area contributed by atoms with Crippen LogP contribution in [0.15, 0.2) is 0 Å². The van der Waals surface area contributed by atoms with Crippen molar-refractivity contribution in [1.82, 2.24) is 4.90 Å². The van der Waals surface area contributed by atoms with Crippen LogP contribution in [0.2, 0.25) is 0 Å². The van der Waals surface area contributed by atoms with Gasteiger partial charge in [-0.1, -0.05) is 33.6 Å². The molecule has 0 aliphatic carbocycles. The predicted molar refractivity (Wildman–Crippen MR) is 69.9 cm³/mol. The smallest absolute Gasteiger partial charge is 0.225 e. The molecule has 0 aromatic carbocycles. The molecule has 1 aliphatic heterocycles. The van der Waals surface area contributed by atoms with Crippen LogP contribution < -0.4 is 0 Å². The third kappa shape index (κ3) is 3.31. The number of carbonyl (C=O) groups is 2. The lowest BCUT2D eigenvalue weighted by Gasteiger charge is -2.33. The first-order valence-electron chi connectivity index (χ1n) is 6.98. The Kier molecular flexibility index (Phi) is 5.32. The summed E-state index contributed by atoms with van der Waals surface area (Å²) in [5.41, 5.74) is -1.53. The van der Waals surface area contributed by atoms with Gasteiger partial charge in [0.2, 0.25) is 11.6 Å². The van der Waals surface area contributed by atoms with E-state index in [1.165, 1.54) is 4.90 Å². The summed E-state index contributed by atoms with van der Waals surface area (Å²) in [6.45, 7) is 6.49. The lowest BCUT2D eigenvalue weighted by Crippen LogP contribution is -2.53. The average molecular weight is 255 g/mol. The van der Waals surface area contributed by atoms with E-state index >= 15 is 0 Å². The summed E-state index contributed by atoms with van der Waals surface area (Å²) in [4.78, 5) is 25.3. The summed E-state index contributed by atoms with van der Waals surface area (Å²) >= 11 is 0. The van der Waals surface area contributed by atoms with Gasteiger partial charge in [0.15, 0.2) is 5.78 Å². The molecule has 1 rings (SSSR count). The molecular formula is C14H25NO3. The molecule has 1 fully saturated rings. The van der Waals surface area contributed by atoms with Crippen LogP contribution in [-0.2, 0) is 9.59 Å². The summed E-state index contributed by atoms with van der Waals surface area (Å²) in [6.07, 6.45) is 3.72. The highest BCUT2D eigenvalue weighted by molar-refractivity contribution is 5.94. The van der Waals surface area contributed by atoms with E-state index in [9.17, 15) is 14.7 Å². The quantitative estimate of drug-likeness (QED) is 0.709. The molecule has 18 heavy (non-hydrogen) atoms. The van der Waals surface area contributed by atoms with E-state index in [4.69, 9.17) is 0 Å². The molecule has 1 atom stereocenters. The first-order chi connectivity index (χ1) is 8.41. The number of unbranched alkanes of at least 4 members (excludes halogenated alkanes) is 2. The molecule has 0 radical (unpaired) electrons. The monoisotopic (exact) mass is 255 g/mol. The number of amides is 1. The zero-order valence-electron chi connectivity index (χ0n) is 11.7. The molecule has 1 saturated heterocycles. The van der Waals surface area contributed by atoms with Gasteiger partial charge >= 0.3 is 0 Å². The molecule has 4 nitrogen and oxygen atoms in total. The second kappa shape index (κ2) is 6.32. The second-order valence-corrected chi connectivity index (χ2v) is 5.60. The third-order valence-electron chi connectivity index (χ3n) is 3.44. The number of nitrogens with zero attached hydrogens (tertiary/aromatic N) is 1. The molecular weight excluding hydrogens is 230 g/mol. The first-order valence-corrected chi connectivity index (χ1v) is 6.98. The van der Waals surface area contributed by atoms with Gasteiger partial charge in [0.1, 0.15) is 0 Å². The third-order valence-corrected chi connectivity index (χ3v) is 3.44. The molecule has 0 aromatic heterocycles. The zero-order chi connectivity index (χ0) is 13.8. The number of ketones is 1. The van der Waals surface area contributed by atoms with Crippen LogP contribution in [0.3, 0.4) is 0 Å². The van der Waals surface area contributed by atoms with Gasteiger partial charge in [-0.25, -0.2) is 0 Å². The summed E-state index contributed by atoms with van der Waals surface area (Å²) < 4.78 is 0. The van der Waals surface area contributed by atoms with Gasteiger partial charge in [-0.15, -0.1) is 0 Å². The van der Waals surface area contributed by atoms with Gasteiger partial charge in [0, 0.05) is 25.8 Å². The van der Waals surface area contributed by atoms with Crippen molar-refractivity contribution < 1.29 is 14.7 Å². The minimum absolute atomic E-state index is 0.102. The van der Waals surface area contributed by atoms with E-state index < -0.39 is 5.72 Å². The van der Waals surface area contributed by atoms with Gasteiger partial charge in [-0.2, -0.15) is 0 Å². The van der Waals surface area contributed by atoms with Crippen molar-refractivity contribution >= 4 is 11.7 Å². The number of Topliss-reactive ketones (excluding diaryl/α,β-unsaturated/α-hetero) is 1. The van der Waals surface area contributed by atoms with Crippen LogP contribution in [0.25, 0.3) is 0 Å². The van der Waals surface area contributed by atoms with Crippen molar-refractivity contribution in [3.05, 3.63) is 0 Å². The minimum atomic E-state index is -1.53. The Bertz CT molecular complexity index is 314. The van der Waals surface area contributed by atoms with Crippen LogP contribution in [-0.4, -0.2) is 34.0 Å². The summed E-state index contributed by atoms with van der Waals surface area (Å²) in [5, 5.41) is 10.5. The molecule has 0 bridgehead atoms. The van der Waals surface area contributed by atoms with Gasteiger partial charge in [0.25, 0.3) is 0 Å². The van der Waals surface area contributed by atoms with E-state index in [0.717, 1.165) is 19.3 Å². The van der Waals surface area contributed by atoms with E-state index in [2.05, 4.69) is 6.92 Å². The normalized spacial score (nSPS) is 24.1. The number of rotatable bonds is 7. The van der Waals surface area contributed by atoms with Crippen molar-refractivity contribution in [2.75, 3.05) is 6.54 Å². The summed E-state index contributed by atoms with van der Waals surface area (Å²) in [7, 11) is 0. The predicted octanol–water partition coefficient (Wildman–Crippen LogP) is 2.10. The molecule has 0 saturated carbocycles. The maximum absolute atomic E-state index is 12.1. The Labute approximate surface area is 109 Å². The average Bonchev–Trinajstić information content (AvgIpc) is 2.58. The van der Waals surface area contributed by atoms with Crippen LogP contribution in [0.1, 0.15) is 59.3 Å². The van der Waals surface area contributed by atoms with Gasteiger partial charge in [0.05, 0.1) is 0 Å². The highest BCUT2D eigenvalue weighted by Crippen LogP contribution is 2.31. The maximum atomic E-state index is 12.1. The number of carbonyl (C=O) groups excluding carboxylic acids is 2. The van der Waals surface area contributed by atoms with Crippen molar-refractivity contribution in [2.45, 2.75) is 65.0 Å². The first kappa shape index (κ1) is 15.2. The summed E-state index contributed by atoms with van der Waals surface area (Å²) in [6, 6.07) is 0. The Hall–Kier alpha value is -0.900. The Morgan fingerprint density at radius 3 is 2.67 bits per heavy atom. The molecule has 1 heterocycles. The van der Waals surface area contributed by atoms with Crippen LogP contribution in [0.5, 0.6) is 0 Å². The highest BCUT2D eigenvalue weighted by atomic mass is 16.3. The van der Waals surface area contributed by atoms with E-state index in [1.54, 1.807) is 0 Å². The minimum Gasteiger partial charge on any atom is -0.364 e. The Balaban J connectivity index is 2.69. The lowest BCUT2D eigenvalue weighted by molar-refractivity contribution is -0.164. The van der Waals surface area contributed by atoms with Crippen LogP contribution in [0.4, 0.5) is 0 Å². The largest absolute Gasteiger partial charge is 0.364 e. The van der Waals surface area contributed by atoms with Gasteiger partial charge in [-0.3, -0.25) is 9.59 Å². The van der Waals surface area contributed by atoms with E-state index in [-0.39, 0.29) is 30.4 Å². The van der Waals surface area contributed by atoms with Gasteiger partial charge in [-0.05, 0) is 12.3 Å². The Morgan fingerprint density at radius 2 is 2.11 bits per heavy atom. The molecule has 1 N–H and O–H groups in total. The molecule has 1 unspecified atom stereocenters. The molecule has 1 aliphatic rings. The standard InChI is InChI=1S/C14H25NO3/c1-4-5-6-7-12(16)14(18)9-8-13(17)15(14)10-11(2)3/h11,18H,4-10H2,1-3H3. The fourth-order valence-electron chi connectivity index (χ4n) is 2.40. The number of aliphatic hydroxyl groups is 1. The number of likely N-dealkylation sites (tertiary alicyclic amines) is 1. The summed E-state index contributed by atoms with van der Waals surface area (Å²) in [5.74, 6) is -0.0421. The van der Waals surface area contributed by atoms with Crippen LogP contribution >= 0.6 is 0 Å². The Morgan fingerprint density at radius 1 is 1.44 bits per heavy atom. The van der Waals surface area contributed by atoms with Crippen molar-refractivity contribution in [3.8, 4) is 0 Å². The topological polar surface area (TPSA) is 57.6 Å². The number of hydrogen-bond donors (Lipinski definition) is 1. The van der Waals surface area contributed by atoms with Crippen molar-refractivity contribution in [1.29, 1.82) is 0 Å². The fourth-order valence-corrected chi connectivity index (χ4v) is 2.40. The molecule has 104 valence electrons. The van der Waals surface area contributed by atoms with Gasteiger partial charge < -0.3 is 10.0 Å². The van der Waals surface area contributed by atoms with E-state index in [1.807, 2.05) is 13.8 Å². The molecule has 4 heteroatoms. The second-order valence-electron chi connectivity index (χ2n) is 5.60.